The highest BCUT2D eigenvalue weighted by atomic mass is 15.6. The summed E-state index contributed by atoms with van der Waals surface area (Å²) in [4.78, 5) is 2.45. The smallest absolute Gasteiger partial charge is 0.240 e. The van der Waals surface area contributed by atoms with Crippen LogP contribution in [-0.4, -0.2) is 44.7 Å². The van der Waals surface area contributed by atoms with Crippen LogP contribution in [0.3, 0.4) is 0 Å². The van der Waals surface area contributed by atoms with Gasteiger partial charge in [0.25, 0.3) is 0 Å². The van der Waals surface area contributed by atoms with Gasteiger partial charge in [-0.3, -0.25) is 0 Å². The standard InChI is InChI=1S/C9H18N6/c1-8(15-9(10)11-12-13-15)7-14-5-3-2-4-6-14/h8H,2-7H2,1H3,(H2,10,11,13). The molecule has 0 spiro atoms. The first kappa shape index (κ1) is 10.4. The molecule has 1 unspecified atom stereocenters. The molecule has 1 aliphatic rings. The summed E-state index contributed by atoms with van der Waals surface area (Å²) >= 11 is 0. The van der Waals surface area contributed by atoms with E-state index < -0.39 is 0 Å². The summed E-state index contributed by atoms with van der Waals surface area (Å²) in [5, 5.41) is 11.1. The quantitative estimate of drug-likeness (QED) is 0.777. The summed E-state index contributed by atoms with van der Waals surface area (Å²) in [6.45, 7) is 5.45. The normalized spacial score (nSPS) is 20.3. The van der Waals surface area contributed by atoms with Crippen molar-refractivity contribution in [3.63, 3.8) is 0 Å². The molecule has 1 atom stereocenters. The fourth-order valence-corrected chi connectivity index (χ4v) is 2.11. The number of nitrogens with zero attached hydrogens (tertiary/aromatic N) is 5. The van der Waals surface area contributed by atoms with Crippen LogP contribution in [0.15, 0.2) is 0 Å². The maximum atomic E-state index is 5.65. The van der Waals surface area contributed by atoms with Gasteiger partial charge in [-0.15, -0.1) is 0 Å². The van der Waals surface area contributed by atoms with Crippen LogP contribution in [0.25, 0.3) is 0 Å². The van der Waals surface area contributed by atoms with E-state index in [1.165, 1.54) is 32.4 Å². The van der Waals surface area contributed by atoms with Crippen molar-refractivity contribution in [2.75, 3.05) is 25.4 Å². The number of rotatable bonds is 3. The molecule has 0 saturated carbocycles. The van der Waals surface area contributed by atoms with Crippen LogP contribution in [-0.2, 0) is 0 Å². The number of piperidine rings is 1. The van der Waals surface area contributed by atoms with E-state index >= 15 is 0 Å². The van der Waals surface area contributed by atoms with E-state index in [4.69, 9.17) is 5.73 Å². The van der Waals surface area contributed by atoms with Crippen molar-refractivity contribution in [1.29, 1.82) is 0 Å². The Kier molecular flexibility index (Phi) is 3.15. The maximum Gasteiger partial charge on any atom is 0.240 e. The van der Waals surface area contributed by atoms with E-state index in [1.54, 1.807) is 4.68 Å². The Morgan fingerprint density at radius 2 is 2.07 bits per heavy atom. The van der Waals surface area contributed by atoms with Crippen LogP contribution >= 0.6 is 0 Å². The van der Waals surface area contributed by atoms with E-state index in [9.17, 15) is 0 Å². The first-order valence-electron chi connectivity index (χ1n) is 5.53. The van der Waals surface area contributed by atoms with Gasteiger partial charge in [-0.2, -0.15) is 0 Å². The summed E-state index contributed by atoms with van der Waals surface area (Å²) < 4.78 is 1.69. The first-order chi connectivity index (χ1) is 7.27. The zero-order valence-electron chi connectivity index (χ0n) is 9.13. The van der Waals surface area contributed by atoms with Crippen LogP contribution in [0.1, 0.15) is 32.2 Å². The fourth-order valence-electron chi connectivity index (χ4n) is 2.11. The summed E-state index contributed by atoms with van der Waals surface area (Å²) in [7, 11) is 0. The van der Waals surface area contributed by atoms with Gasteiger partial charge < -0.3 is 10.6 Å². The number of hydrogen-bond donors (Lipinski definition) is 1. The Bertz CT molecular complexity index is 303. The monoisotopic (exact) mass is 210 g/mol. The topological polar surface area (TPSA) is 72.9 Å². The van der Waals surface area contributed by atoms with Gasteiger partial charge in [0, 0.05) is 6.54 Å². The maximum absolute atomic E-state index is 5.65. The number of tetrazole rings is 1. The molecule has 1 aromatic rings. The lowest BCUT2D eigenvalue weighted by Crippen LogP contribution is -2.34. The van der Waals surface area contributed by atoms with Gasteiger partial charge in [0.05, 0.1) is 6.04 Å². The van der Waals surface area contributed by atoms with Crippen molar-refractivity contribution in [1.82, 2.24) is 25.1 Å². The average molecular weight is 210 g/mol. The SMILES string of the molecule is CC(CN1CCCCC1)n1nnnc1N. The minimum atomic E-state index is 0.248. The third kappa shape index (κ3) is 2.44. The van der Waals surface area contributed by atoms with Crippen LogP contribution in [0, 0.1) is 0 Å². The molecule has 0 aliphatic carbocycles. The molecule has 1 saturated heterocycles. The lowest BCUT2D eigenvalue weighted by Gasteiger charge is -2.28. The second kappa shape index (κ2) is 4.57. The van der Waals surface area contributed by atoms with E-state index in [-0.39, 0.29) is 6.04 Å². The molecule has 1 aromatic heterocycles. The fraction of sp³-hybridized carbons (Fsp3) is 0.889. The number of anilines is 1. The van der Waals surface area contributed by atoms with E-state index in [1.807, 2.05) is 0 Å². The molecule has 2 heterocycles. The highest BCUT2D eigenvalue weighted by Crippen LogP contribution is 2.14. The molecule has 6 heteroatoms. The molecule has 1 fully saturated rings. The average Bonchev–Trinajstić information content (AvgIpc) is 2.66. The Morgan fingerprint density at radius 3 is 2.67 bits per heavy atom. The highest BCUT2D eigenvalue weighted by Gasteiger charge is 2.16. The number of hydrogen-bond acceptors (Lipinski definition) is 5. The molecule has 0 radical (unpaired) electrons. The van der Waals surface area contributed by atoms with Crippen LogP contribution < -0.4 is 5.73 Å². The summed E-state index contributed by atoms with van der Waals surface area (Å²) in [5.74, 6) is 0.402. The third-order valence-corrected chi connectivity index (χ3v) is 2.91. The second-order valence-corrected chi connectivity index (χ2v) is 4.19. The lowest BCUT2D eigenvalue weighted by atomic mass is 10.1. The van der Waals surface area contributed by atoms with Gasteiger partial charge in [0.1, 0.15) is 0 Å². The van der Waals surface area contributed by atoms with Crippen molar-refractivity contribution < 1.29 is 0 Å². The zero-order chi connectivity index (χ0) is 10.7. The summed E-state index contributed by atoms with van der Waals surface area (Å²) in [6, 6.07) is 0.248. The van der Waals surface area contributed by atoms with Crippen molar-refractivity contribution >= 4 is 5.95 Å². The molecule has 1 aliphatic heterocycles. The van der Waals surface area contributed by atoms with Crippen LogP contribution in [0.4, 0.5) is 5.95 Å². The third-order valence-electron chi connectivity index (χ3n) is 2.91. The summed E-state index contributed by atoms with van der Waals surface area (Å²) in [5.41, 5.74) is 5.65. The molecule has 0 bridgehead atoms. The molecule has 2 rings (SSSR count). The van der Waals surface area contributed by atoms with Crippen molar-refractivity contribution in [2.24, 2.45) is 0 Å². The highest BCUT2D eigenvalue weighted by molar-refractivity contribution is 5.11. The second-order valence-electron chi connectivity index (χ2n) is 4.19. The molecule has 2 N–H and O–H groups in total. The van der Waals surface area contributed by atoms with Gasteiger partial charge in [0.15, 0.2) is 0 Å². The van der Waals surface area contributed by atoms with Gasteiger partial charge in [-0.25, -0.2) is 4.68 Å². The Morgan fingerprint density at radius 1 is 1.33 bits per heavy atom. The van der Waals surface area contributed by atoms with E-state index in [2.05, 4.69) is 27.3 Å². The predicted molar refractivity (Wildman–Crippen MR) is 57.2 cm³/mol. The van der Waals surface area contributed by atoms with Crippen molar-refractivity contribution in [3.05, 3.63) is 0 Å². The first-order valence-corrected chi connectivity index (χ1v) is 5.53. The number of nitrogens with two attached hydrogens (primary N) is 1. The van der Waals surface area contributed by atoms with Crippen molar-refractivity contribution in [3.8, 4) is 0 Å². The van der Waals surface area contributed by atoms with E-state index in [0.717, 1.165) is 6.54 Å². The zero-order valence-corrected chi connectivity index (χ0v) is 9.13. The number of aromatic nitrogens is 4. The minimum Gasteiger partial charge on any atom is -0.367 e. The Hall–Kier alpha value is -1.17. The Balaban J connectivity index is 1.91. The molecular formula is C9H18N6. The molecule has 15 heavy (non-hydrogen) atoms. The summed E-state index contributed by atoms with van der Waals surface area (Å²) in [6.07, 6.45) is 3.97. The van der Waals surface area contributed by atoms with Crippen molar-refractivity contribution in [2.45, 2.75) is 32.2 Å². The molecule has 0 amide bonds. The van der Waals surface area contributed by atoms with E-state index in [0.29, 0.717) is 5.95 Å². The van der Waals surface area contributed by atoms with Crippen LogP contribution in [0.5, 0.6) is 0 Å². The lowest BCUT2D eigenvalue weighted by molar-refractivity contribution is 0.197. The molecule has 6 nitrogen and oxygen atoms in total. The largest absolute Gasteiger partial charge is 0.367 e. The minimum absolute atomic E-state index is 0.248. The predicted octanol–water partition coefficient (Wildman–Crippen LogP) is 0.302. The van der Waals surface area contributed by atoms with Gasteiger partial charge in [0.2, 0.25) is 5.95 Å². The van der Waals surface area contributed by atoms with Gasteiger partial charge in [-0.05, 0) is 43.3 Å². The molecule has 0 aromatic carbocycles. The molecule has 84 valence electrons. The molecular weight excluding hydrogens is 192 g/mol. The van der Waals surface area contributed by atoms with Crippen LogP contribution in [0.2, 0.25) is 0 Å². The van der Waals surface area contributed by atoms with Gasteiger partial charge in [-0.1, -0.05) is 11.5 Å². The number of likely N-dealkylation sites (tertiary alicyclic amines) is 1. The van der Waals surface area contributed by atoms with Gasteiger partial charge >= 0.3 is 0 Å². The number of nitrogen functional groups attached to an aromatic ring is 1. The Labute approximate surface area is 89.4 Å².